The van der Waals surface area contributed by atoms with Gasteiger partial charge in [-0.15, -0.1) is 0 Å². The molecule has 0 amide bonds. The molecule has 2 aliphatic heterocycles. The van der Waals surface area contributed by atoms with Gasteiger partial charge in [0.2, 0.25) is 5.54 Å². The summed E-state index contributed by atoms with van der Waals surface area (Å²) in [6.45, 7) is 6.14. The van der Waals surface area contributed by atoms with Crippen LogP contribution in [0.2, 0.25) is 0 Å². The Morgan fingerprint density at radius 2 is 1.84 bits per heavy atom. The summed E-state index contributed by atoms with van der Waals surface area (Å²) in [4.78, 5) is 47.2. The highest BCUT2D eigenvalue weighted by Gasteiger charge is 2.73. The highest BCUT2D eigenvalue weighted by molar-refractivity contribution is 5.84. The maximum Gasteiger partial charge on any atom is 0.339 e. The Morgan fingerprint density at radius 3 is 2.40 bits per heavy atom. The highest BCUT2D eigenvalue weighted by atomic mass is 17.0. The minimum absolute atomic E-state index is 0.101. The molecule has 142 valence electrons. The summed E-state index contributed by atoms with van der Waals surface area (Å²) in [6, 6.07) is 0. The first-order valence-electron chi connectivity index (χ1n) is 8.49. The van der Waals surface area contributed by atoms with E-state index in [1.165, 1.54) is 13.8 Å². The topological polar surface area (TPSA) is 101 Å². The zero-order valence-electron chi connectivity index (χ0n) is 15.0. The van der Waals surface area contributed by atoms with E-state index in [4.69, 9.17) is 23.9 Å². The van der Waals surface area contributed by atoms with Gasteiger partial charge < -0.3 is 14.2 Å². The molecule has 0 aromatic rings. The van der Waals surface area contributed by atoms with E-state index in [0.29, 0.717) is 6.42 Å². The number of carbonyl (C=O) groups excluding carboxylic acids is 3. The number of esters is 3. The van der Waals surface area contributed by atoms with Gasteiger partial charge in [0, 0.05) is 13.8 Å². The Hall–Kier alpha value is -1.71. The first-order valence-corrected chi connectivity index (χ1v) is 8.49. The number of hydroxylamine groups is 2. The first kappa shape index (κ1) is 19.6. The zero-order chi connectivity index (χ0) is 18.6. The molecule has 0 aliphatic carbocycles. The number of hydrogen-bond donors (Lipinski definition) is 0. The molecule has 0 unspecified atom stereocenters. The van der Waals surface area contributed by atoms with Crippen LogP contribution in [0.15, 0.2) is 0 Å². The number of ether oxygens (including phenoxy) is 3. The Balaban J connectivity index is 2.44. The molecule has 0 saturated carbocycles. The maximum atomic E-state index is 12.8. The molecule has 9 nitrogen and oxygen atoms in total. The largest absolute Gasteiger partial charge is 0.464 e. The van der Waals surface area contributed by atoms with Gasteiger partial charge in [0.15, 0.2) is 12.2 Å². The van der Waals surface area contributed by atoms with Gasteiger partial charge in [0.25, 0.3) is 0 Å². The van der Waals surface area contributed by atoms with Crippen LogP contribution in [0, 0.1) is 0 Å². The lowest BCUT2D eigenvalue weighted by Gasteiger charge is -2.33. The third kappa shape index (κ3) is 3.63. The third-order valence-corrected chi connectivity index (χ3v) is 4.18. The SMILES string of the molecule is CCCC[C@@H]1ON2OC[C@H](OC(C)=O)[C@]2(C(=O)OCC)[C@@H]1OC(C)=O. The van der Waals surface area contributed by atoms with Crippen molar-refractivity contribution in [3.8, 4) is 0 Å². The van der Waals surface area contributed by atoms with E-state index < -0.39 is 41.8 Å². The second kappa shape index (κ2) is 8.11. The van der Waals surface area contributed by atoms with Gasteiger partial charge >= 0.3 is 17.9 Å². The van der Waals surface area contributed by atoms with Crippen molar-refractivity contribution in [2.75, 3.05) is 13.2 Å². The summed E-state index contributed by atoms with van der Waals surface area (Å²) in [7, 11) is 0. The molecule has 2 rings (SSSR count). The van der Waals surface area contributed by atoms with Gasteiger partial charge in [-0.3, -0.25) is 19.3 Å². The Labute approximate surface area is 146 Å². The lowest BCUT2D eigenvalue weighted by molar-refractivity contribution is -0.356. The van der Waals surface area contributed by atoms with Crippen molar-refractivity contribution < 1.29 is 38.3 Å². The molecule has 0 aromatic heterocycles. The Kier molecular flexibility index (Phi) is 6.36. The minimum atomic E-state index is -1.67. The molecule has 2 saturated heterocycles. The van der Waals surface area contributed by atoms with Gasteiger partial charge in [-0.2, -0.15) is 0 Å². The monoisotopic (exact) mass is 359 g/mol. The molecular weight excluding hydrogens is 334 g/mol. The van der Waals surface area contributed by atoms with Crippen LogP contribution in [0.4, 0.5) is 0 Å². The maximum absolute atomic E-state index is 12.8. The standard InChI is InChI=1S/C16H25NO8/c1-5-7-8-12-14(24-11(4)19)16(15(20)21-6-2)13(23-10(3)18)9-22-17(16)25-12/h12-14H,5-9H2,1-4H3/t12-,13-,14+,16+/m0/s1. The van der Waals surface area contributed by atoms with Gasteiger partial charge in [0.1, 0.15) is 12.7 Å². The summed E-state index contributed by atoms with van der Waals surface area (Å²) < 4.78 is 15.9. The smallest absolute Gasteiger partial charge is 0.339 e. The molecular formula is C16H25NO8. The van der Waals surface area contributed by atoms with Crippen LogP contribution < -0.4 is 0 Å². The van der Waals surface area contributed by atoms with Crippen molar-refractivity contribution >= 4 is 17.9 Å². The number of nitrogens with zero attached hydrogens (tertiary/aromatic N) is 1. The van der Waals surface area contributed by atoms with Crippen LogP contribution in [0.1, 0.15) is 47.0 Å². The predicted octanol–water partition coefficient (Wildman–Crippen LogP) is 0.903. The van der Waals surface area contributed by atoms with E-state index in [1.54, 1.807) is 6.92 Å². The number of carbonyl (C=O) groups is 3. The van der Waals surface area contributed by atoms with Crippen LogP contribution in [-0.2, 0) is 38.3 Å². The number of fused-ring (bicyclic) bond motifs is 1. The average molecular weight is 359 g/mol. The molecule has 2 aliphatic rings. The van der Waals surface area contributed by atoms with E-state index in [9.17, 15) is 14.4 Å². The molecule has 4 atom stereocenters. The van der Waals surface area contributed by atoms with Crippen molar-refractivity contribution in [2.45, 2.75) is 70.8 Å². The molecule has 9 heteroatoms. The summed E-state index contributed by atoms with van der Waals surface area (Å²) in [5, 5.41) is 0.993. The van der Waals surface area contributed by atoms with Crippen molar-refractivity contribution in [3.05, 3.63) is 0 Å². The molecule has 25 heavy (non-hydrogen) atoms. The molecule has 0 aromatic carbocycles. The second-order valence-electron chi connectivity index (χ2n) is 6.01. The van der Waals surface area contributed by atoms with Crippen molar-refractivity contribution in [1.82, 2.24) is 5.23 Å². The van der Waals surface area contributed by atoms with E-state index in [2.05, 4.69) is 0 Å². The fourth-order valence-electron chi connectivity index (χ4n) is 3.20. The third-order valence-electron chi connectivity index (χ3n) is 4.18. The fraction of sp³-hybridized carbons (Fsp3) is 0.812. The Bertz CT molecular complexity index is 524. The number of unbranched alkanes of at least 4 members (excludes halogenated alkanes) is 1. The van der Waals surface area contributed by atoms with Crippen molar-refractivity contribution in [1.29, 1.82) is 0 Å². The molecule has 2 fully saturated rings. The minimum Gasteiger partial charge on any atom is -0.464 e. The molecule has 2 heterocycles. The predicted molar refractivity (Wildman–Crippen MR) is 82.7 cm³/mol. The van der Waals surface area contributed by atoms with Gasteiger partial charge in [-0.25, -0.2) is 4.79 Å². The average Bonchev–Trinajstić information content (AvgIpc) is 3.01. The lowest BCUT2D eigenvalue weighted by Crippen LogP contribution is -2.63. The molecule has 0 radical (unpaired) electrons. The lowest BCUT2D eigenvalue weighted by atomic mass is 9.84. The van der Waals surface area contributed by atoms with E-state index in [-0.39, 0.29) is 13.2 Å². The van der Waals surface area contributed by atoms with Gasteiger partial charge in [0.05, 0.1) is 6.61 Å². The molecule has 0 spiro atoms. The number of hydrogen-bond acceptors (Lipinski definition) is 9. The van der Waals surface area contributed by atoms with Crippen LogP contribution in [0.3, 0.4) is 0 Å². The van der Waals surface area contributed by atoms with Crippen LogP contribution in [0.5, 0.6) is 0 Å². The quantitative estimate of drug-likeness (QED) is 0.485. The highest BCUT2D eigenvalue weighted by Crippen LogP contribution is 2.45. The second-order valence-corrected chi connectivity index (χ2v) is 6.01. The molecule has 0 bridgehead atoms. The fourth-order valence-corrected chi connectivity index (χ4v) is 3.20. The van der Waals surface area contributed by atoms with Crippen molar-refractivity contribution in [2.24, 2.45) is 0 Å². The summed E-state index contributed by atoms with van der Waals surface area (Å²) in [5.74, 6) is -1.88. The number of rotatable bonds is 7. The van der Waals surface area contributed by atoms with Crippen molar-refractivity contribution in [3.63, 3.8) is 0 Å². The summed E-state index contributed by atoms with van der Waals surface area (Å²) in [6.07, 6.45) is -0.391. The van der Waals surface area contributed by atoms with Gasteiger partial charge in [-0.05, 0) is 18.6 Å². The van der Waals surface area contributed by atoms with E-state index >= 15 is 0 Å². The Morgan fingerprint density at radius 1 is 1.16 bits per heavy atom. The van der Waals surface area contributed by atoms with E-state index in [0.717, 1.165) is 18.1 Å². The summed E-state index contributed by atoms with van der Waals surface area (Å²) in [5.41, 5.74) is -1.67. The van der Waals surface area contributed by atoms with E-state index in [1.807, 2.05) is 6.92 Å². The summed E-state index contributed by atoms with van der Waals surface area (Å²) >= 11 is 0. The first-order chi connectivity index (χ1) is 11.9. The van der Waals surface area contributed by atoms with Crippen LogP contribution in [-0.4, -0.2) is 60.2 Å². The van der Waals surface area contributed by atoms with Gasteiger partial charge in [-0.1, -0.05) is 19.8 Å². The molecule has 0 N–H and O–H groups in total. The van der Waals surface area contributed by atoms with Crippen LogP contribution in [0.25, 0.3) is 0 Å². The van der Waals surface area contributed by atoms with Crippen LogP contribution >= 0.6 is 0 Å². The zero-order valence-corrected chi connectivity index (χ0v) is 15.0. The normalized spacial score (nSPS) is 31.4.